The van der Waals surface area contributed by atoms with Crippen LogP contribution in [0, 0.1) is 5.92 Å². The molecule has 1 aromatic heterocycles. The quantitative estimate of drug-likeness (QED) is 0.448. The van der Waals surface area contributed by atoms with Gasteiger partial charge in [-0.3, -0.25) is 19.6 Å². The molecule has 1 atom stereocenters. The van der Waals surface area contributed by atoms with Crippen LogP contribution in [0.4, 0.5) is 10.5 Å². The molecule has 0 radical (unpaired) electrons. The van der Waals surface area contributed by atoms with Crippen LogP contribution in [0.2, 0.25) is 0 Å². The summed E-state index contributed by atoms with van der Waals surface area (Å²) >= 11 is 0. The molecule has 3 aromatic rings. The van der Waals surface area contributed by atoms with E-state index in [2.05, 4.69) is 40.0 Å². The number of aromatic nitrogens is 2. The van der Waals surface area contributed by atoms with Gasteiger partial charge in [0.15, 0.2) is 0 Å². The van der Waals surface area contributed by atoms with Crippen LogP contribution in [-0.4, -0.2) is 46.0 Å². The number of ether oxygens (including phenoxy) is 1. The van der Waals surface area contributed by atoms with Crippen molar-refractivity contribution >= 4 is 23.7 Å². The van der Waals surface area contributed by atoms with Gasteiger partial charge < -0.3 is 15.2 Å². The third kappa shape index (κ3) is 5.09. The number of hydrogen-bond donors (Lipinski definition) is 3. The lowest BCUT2D eigenvalue weighted by Gasteiger charge is -2.14. The van der Waals surface area contributed by atoms with Gasteiger partial charge in [-0.05, 0) is 28.7 Å². The van der Waals surface area contributed by atoms with Crippen LogP contribution < -0.4 is 10.6 Å². The van der Waals surface area contributed by atoms with Crippen molar-refractivity contribution in [1.82, 2.24) is 15.1 Å². The van der Waals surface area contributed by atoms with Crippen LogP contribution in [0.1, 0.15) is 30.4 Å². The summed E-state index contributed by atoms with van der Waals surface area (Å²) in [5.41, 5.74) is 4.95. The number of nitrogens with one attached hydrogen (secondary N) is 2. The molecule has 0 aliphatic heterocycles. The number of hydrogen-bond acceptors (Lipinski definition) is 5. The van der Waals surface area contributed by atoms with Crippen LogP contribution >= 0.6 is 0 Å². The summed E-state index contributed by atoms with van der Waals surface area (Å²) in [6.45, 7) is 1.90. The van der Waals surface area contributed by atoms with E-state index >= 15 is 0 Å². The Morgan fingerprint density at radius 2 is 1.74 bits per heavy atom. The molecular formula is C25H26N4O5. The number of carbonyl (C=O) groups is 3. The van der Waals surface area contributed by atoms with E-state index in [9.17, 15) is 14.4 Å². The predicted octanol–water partition coefficient (Wildman–Crippen LogP) is 3.47. The molecule has 9 nitrogen and oxygen atoms in total. The fourth-order valence-electron chi connectivity index (χ4n) is 4.11. The molecule has 4 rings (SSSR count). The Hall–Kier alpha value is -4.14. The van der Waals surface area contributed by atoms with Gasteiger partial charge in [-0.25, -0.2) is 4.79 Å². The molecule has 176 valence electrons. The molecule has 9 heteroatoms. The molecule has 1 heterocycles. The Labute approximate surface area is 196 Å². The Bertz CT molecular complexity index is 1160. The average molecular weight is 463 g/mol. The van der Waals surface area contributed by atoms with E-state index in [1.807, 2.05) is 24.3 Å². The number of benzene rings is 2. The zero-order valence-electron chi connectivity index (χ0n) is 18.7. The third-order valence-electron chi connectivity index (χ3n) is 5.92. The minimum absolute atomic E-state index is 0.0395. The second-order valence-electron chi connectivity index (χ2n) is 8.12. The zero-order chi connectivity index (χ0) is 24.1. The van der Waals surface area contributed by atoms with Crippen molar-refractivity contribution in [2.24, 2.45) is 5.92 Å². The lowest BCUT2D eigenvalue weighted by molar-refractivity contribution is -0.141. The minimum atomic E-state index is -0.948. The number of nitrogens with zero attached hydrogens (tertiary/aromatic N) is 2. The van der Waals surface area contributed by atoms with E-state index in [1.165, 1.54) is 17.1 Å². The maximum atomic E-state index is 12.4. The number of anilines is 1. The van der Waals surface area contributed by atoms with Crippen LogP contribution in [0.3, 0.4) is 0 Å². The lowest BCUT2D eigenvalue weighted by Crippen LogP contribution is -2.34. The van der Waals surface area contributed by atoms with Crippen LogP contribution in [0.15, 0.2) is 60.9 Å². The van der Waals surface area contributed by atoms with E-state index in [-0.39, 0.29) is 31.5 Å². The number of carboxylic acid groups (broad SMARTS) is 1. The van der Waals surface area contributed by atoms with Gasteiger partial charge in [0.25, 0.3) is 0 Å². The van der Waals surface area contributed by atoms with Gasteiger partial charge in [0, 0.05) is 18.7 Å². The number of carboxylic acids is 1. The maximum absolute atomic E-state index is 12.4. The smallest absolute Gasteiger partial charge is 0.411 e. The van der Waals surface area contributed by atoms with Crippen molar-refractivity contribution in [3.63, 3.8) is 0 Å². The highest BCUT2D eigenvalue weighted by molar-refractivity contribution is 5.85. The SMILES string of the molecule is CCC(CNC(=O)Cn1cc(NC(=O)OCC2c3ccccc3-c3ccccc32)cn1)C(=O)O. The van der Waals surface area contributed by atoms with Crippen LogP contribution in [0.25, 0.3) is 11.1 Å². The summed E-state index contributed by atoms with van der Waals surface area (Å²) in [5.74, 6) is -1.98. The minimum Gasteiger partial charge on any atom is -0.481 e. The first-order valence-corrected chi connectivity index (χ1v) is 11.1. The lowest BCUT2D eigenvalue weighted by atomic mass is 9.98. The summed E-state index contributed by atoms with van der Waals surface area (Å²) in [7, 11) is 0. The monoisotopic (exact) mass is 462 g/mol. The standard InChI is InChI=1S/C25H26N4O5/c1-2-16(24(31)32)11-26-23(30)14-29-13-17(12-27-29)28-25(33)34-15-22-20-9-5-3-7-18(20)19-8-4-6-10-21(19)22/h3-10,12-13,16,22H,2,11,14-15H2,1H3,(H,26,30)(H,28,33)(H,31,32). The highest BCUT2D eigenvalue weighted by atomic mass is 16.5. The number of aliphatic carboxylic acids is 1. The molecule has 0 saturated carbocycles. The third-order valence-corrected chi connectivity index (χ3v) is 5.92. The molecule has 1 aliphatic carbocycles. The highest BCUT2D eigenvalue weighted by Gasteiger charge is 2.29. The fourth-order valence-corrected chi connectivity index (χ4v) is 4.11. The second-order valence-corrected chi connectivity index (χ2v) is 8.12. The predicted molar refractivity (Wildman–Crippen MR) is 125 cm³/mol. The topological polar surface area (TPSA) is 123 Å². The zero-order valence-corrected chi connectivity index (χ0v) is 18.7. The number of rotatable bonds is 9. The summed E-state index contributed by atoms with van der Waals surface area (Å²) < 4.78 is 6.87. The molecule has 0 spiro atoms. The van der Waals surface area contributed by atoms with Gasteiger partial charge in [0.1, 0.15) is 13.2 Å². The Balaban J connectivity index is 1.29. The summed E-state index contributed by atoms with van der Waals surface area (Å²) in [4.78, 5) is 35.5. The van der Waals surface area contributed by atoms with Crippen molar-refractivity contribution in [3.05, 3.63) is 72.1 Å². The molecule has 1 aliphatic rings. The molecule has 0 bridgehead atoms. The fraction of sp³-hybridized carbons (Fsp3) is 0.280. The largest absolute Gasteiger partial charge is 0.481 e. The van der Waals surface area contributed by atoms with E-state index < -0.39 is 18.0 Å². The van der Waals surface area contributed by atoms with Crippen molar-refractivity contribution in [3.8, 4) is 11.1 Å². The molecule has 2 amide bonds. The Morgan fingerprint density at radius 1 is 1.09 bits per heavy atom. The van der Waals surface area contributed by atoms with E-state index in [0.29, 0.717) is 12.1 Å². The summed E-state index contributed by atoms with van der Waals surface area (Å²) in [6, 6.07) is 16.2. The van der Waals surface area contributed by atoms with Crippen LogP contribution in [0.5, 0.6) is 0 Å². The summed E-state index contributed by atoms with van der Waals surface area (Å²) in [5, 5.41) is 18.3. The van der Waals surface area contributed by atoms with Crippen molar-refractivity contribution < 1.29 is 24.2 Å². The number of amides is 2. The molecule has 0 saturated heterocycles. The van der Waals surface area contributed by atoms with Crippen molar-refractivity contribution in [2.45, 2.75) is 25.8 Å². The molecule has 1 unspecified atom stereocenters. The first-order chi connectivity index (χ1) is 16.5. The normalized spacial score (nSPS) is 13.0. The van der Waals surface area contributed by atoms with Crippen molar-refractivity contribution in [1.29, 1.82) is 0 Å². The first-order valence-electron chi connectivity index (χ1n) is 11.1. The van der Waals surface area contributed by atoms with Gasteiger partial charge in [0.2, 0.25) is 5.91 Å². The average Bonchev–Trinajstić information content (AvgIpc) is 3.39. The van der Waals surface area contributed by atoms with Crippen LogP contribution in [-0.2, 0) is 20.9 Å². The first kappa shape index (κ1) is 23.0. The molecular weight excluding hydrogens is 436 g/mol. The Morgan fingerprint density at radius 3 is 2.35 bits per heavy atom. The second kappa shape index (κ2) is 10.2. The van der Waals surface area contributed by atoms with E-state index in [1.54, 1.807) is 6.92 Å². The number of carbonyl (C=O) groups excluding carboxylic acids is 2. The van der Waals surface area contributed by atoms with Gasteiger partial charge in [-0.15, -0.1) is 0 Å². The van der Waals surface area contributed by atoms with Gasteiger partial charge in [-0.1, -0.05) is 55.5 Å². The molecule has 0 fully saturated rings. The molecule has 2 aromatic carbocycles. The highest BCUT2D eigenvalue weighted by Crippen LogP contribution is 2.44. The van der Waals surface area contributed by atoms with Gasteiger partial charge in [-0.2, -0.15) is 5.10 Å². The summed E-state index contributed by atoms with van der Waals surface area (Å²) in [6.07, 6.45) is 2.74. The maximum Gasteiger partial charge on any atom is 0.411 e. The van der Waals surface area contributed by atoms with Crippen molar-refractivity contribution in [2.75, 3.05) is 18.5 Å². The van der Waals surface area contributed by atoms with E-state index in [0.717, 1.165) is 22.3 Å². The molecule has 34 heavy (non-hydrogen) atoms. The molecule has 3 N–H and O–H groups in total. The number of fused-ring (bicyclic) bond motifs is 3. The van der Waals surface area contributed by atoms with Gasteiger partial charge >= 0.3 is 12.1 Å². The van der Waals surface area contributed by atoms with Gasteiger partial charge in [0.05, 0.1) is 17.8 Å². The van der Waals surface area contributed by atoms with E-state index in [4.69, 9.17) is 9.84 Å². The Kier molecular flexibility index (Phi) is 6.91.